The van der Waals surface area contributed by atoms with E-state index >= 15 is 0 Å². The van der Waals surface area contributed by atoms with Crippen LogP contribution in [0.4, 0.5) is 4.39 Å². The van der Waals surface area contributed by atoms with E-state index in [1.165, 1.54) is 44.2 Å². The second-order valence-electron chi connectivity index (χ2n) is 4.90. The molecule has 1 aliphatic carbocycles. The molecule has 1 aliphatic rings. The molecular formula is C15H20FNOS. The van der Waals surface area contributed by atoms with Gasteiger partial charge in [0, 0.05) is 23.1 Å². The van der Waals surface area contributed by atoms with Gasteiger partial charge in [-0.05, 0) is 31.0 Å². The van der Waals surface area contributed by atoms with Crippen LogP contribution in [0, 0.1) is 5.82 Å². The fraction of sp³-hybridized carbons (Fsp3) is 0.533. The summed E-state index contributed by atoms with van der Waals surface area (Å²) < 4.78 is 13.0. The fourth-order valence-electron chi connectivity index (χ4n) is 2.35. The highest BCUT2D eigenvalue weighted by Crippen LogP contribution is 2.27. The van der Waals surface area contributed by atoms with Crippen molar-refractivity contribution in [1.29, 1.82) is 0 Å². The Morgan fingerprint density at radius 1 is 1.32 bits per heavy atom. The smallest absolute Gasteiger partial charge is 0.251 e. The molecule has 0 unspecified atom stereocenters. The predicted molar refractivity (Wildman–Crippen MR) is 78.1 cm³/mol. The predicted octanol–water partition coefficient (Wildman–Crippen LogP) is 3.62. The topological polar surface area (TPSA) is 29.1 Å². The number of carbonyl (C=O) groups excluding carboxylic acids is 1. The van der Waals surface area contributed by atoms with Gasteiger partial charge in [-0.25, -0.2) is 4.39 Å². The Morgan fingerprint density at radius 3 is 2.84 bits per heavy atom. The maximum atomic E-state index is 13.0. The van der Waals surface area contributed by atoms with Gasteiger partial charge in [-0.1, -0.05) is 25.3 Å². The van der Waals surface area contributed by atoms with Crippen LogP contribution in [0.5, 0.6) is 0 Å². The molecule has 2 nitrogen and oxygen atoms in total. The van der Waals surface area contributed by atoms with E-state index in [1.54, 1.807) is 12.1 Å². The van der Waals surface area contributed by atoms with Crippen molar-refractivity contribution >= 4 is 17.7 Å². The Kier molecular flexibility index (Phi) is 5.70. The van der Waals surface area contributed by atoms with E-state index in [0.717, 1.165) is 11.0 Å². The van der Waals surface area contributed by atoms with Gasteiger partial charge >= 0.3 is 0 Å². The number of carbonyl (C=O) groups is 1. The lowest BCUT2D eigenvalue weighted by Gasteiger charge is -2.20. The van der Waals surface area contributed by atoms with E-state index in [4.69, 9.17) is 0 Å². The zero-order valence-electron chi connectivity index (χ0n) is 11.0. The number of benzene rings is 1. The largest absolute Gasteiger partial charge is 0.351 e. The summed E-state index contributed by atoms with van der Waals surface area (Å²) in [7, 11) is 0. The van der Waals surface area contributed by atoms with Crippen molar-refractivity contribution in [2.75, 3.05) is 12.3 Å². The molecule has 1 N–H and O–H groups in total. The van der Waals surface area contributed by atoms with Crippen LogP contribution in [-0.2, 0) is 0 Å². The highest BCUT2D eigenvalue weighted by atomic mass is 32.2. The average Bonchev–Trinajstić information content (AvgIpc) is 2.44. The fourth-order valence-corrected chi connectivity index (χ4v) is 3.57. The highest BCUT2D eigenvalue weighted by molar-refractivity contribution is 7.99. The van der Waals surface area contributed by atoms with Crippen LogP contribution < -0.4 is 5.32 Å². The molecule has 19 heavy (non-hydrogen) atoms. The average molecular weight is 281 g/mol. The van der Waals surface area contributed by atoms with Crippen LogP contribution in [0.15, 0.2) is 24.3 Å². The number of nitrogens with one attached hydrogen (secondary N) is 1. The van der Waals surface area contributed by atoms with Crippen LogP contribution in [0.1, 0.15) is 42.5 Å². The van der Waals surface area contributed by atoms with Crippen LogP contribution in [0.2, 0.25) is 0 Å². The molecule has 0 aliphatic heterocycles. The zero-order valence-corrected chi connectivity index (χ0v) is 11.8. The Morgan fingerprint density at radius 2 is 2.11 bits per heavy atom. The van der Waals surface area contributed by atoms with Gasteiger partial charge in [-0.2, -0.15) is 11.8 Å². The SMILES string of the molecule is O=C(NCCSC1CCCCC1)c1cccc(F)c1. The summed E-state index contributed by atoms with van der Waals surface area (Å²) in [6.45, 7) is 0.649. The van der Waals surface area contributed by atoms with Crippen molar-refractivity contribution in [2.45, 2.75) is 37.4 Å². The summed E-state index contributed by atoms with van der Waals surface area (Å²) in [6, 6.07) is 5.80. The molecule has 1 saturated carbocycles. The van der Waals surface area contributed by atoms with Gasteiger partial charge in [0.25, 0.3) is 5.91 Å². The lowest BCUT2D eigenvalue weighted by Crippen LogP contribution is -2.26. The number of amides is 1. The number of hydrogen-bond donors (Lipinski definition) is 1. The molecule has 0 bridgehead atoms. The first-order chi connectivity index (χ1) is 9.25. The van der Waals surface area contributed by atoms with Gasteiger partial charge in [0.2, 0.25) is 0 Å². The Hall–Kier alpha value is -1.03. The number of halogens is 1. The van der Waals surface area contributed by atoms with Crippen LogP contribution in [0.25, 0.3) is 0 Å². The molecule has 1 aromatic rings. The van der Waals surface area contributed by atoms with Gasteiger partial charge in [0.1, 0.15) is 5.82 Å². The summed E-state index contributed by atoms with van der Waals surface area (Å²) >= 11 is 1.95. The molecule has 0 radical (unpaired) electrons. The Labute approximate surface area is 118 Å². The molecule has 0 saturated heterocycles. The Bertz CT molecular complexity index is 418. The van der Waals surface area contributed by atoms with Crippen molar-refractivity contribution in [2.24, 2.45) is 0 Å². The first-order valence-corrected chi connectivity index (χ1v) is 7.96. The van der Waals surface area contributed by atoms with E-state index in [9.17, 15) is 9.18 Å². The van der Waals surface area contributed by atoms with Crippen LogP contribution in [0.3, 0.4) is 0 Å². The Balaban J connectivity index is 1.66. The summed E-state index contributed by atoms with van der Waals surface area (Å²) in [5, 5.41) is 3.60. The number of hydrogen-bond acceptors (Lipinski definition) is 2. The van der Waals surface area contributed by atoms with E-state index in [0.29, 0.717) is 12.1 Å². The van der Waals surface area contributed by atoms with Crippen molar-refractivity contribution in [3.8, 4) is 0 Å². The number of rotatable bonds is 5. The second-order valence-corrected chi connectivity index (χ2v) is 6.31. The molecule has 4 heteroatoms. The van der Waals surface area contributed by atoms with Crippen molar-refractivity contribution < 1.29 is 9.18 Å². The molecule has 104 valence electrons. The number of thioether (sulfide) groups is 1. The molecule has 1 fully saturated rings. The van der Waals surface area contributed by atoms with E-state index in [1.807, 2.05) is 11.8 Å². The van der Waals surface area contributed by atoms with E-state index in [-0.39, 0.29) is 11.7 Å². The third-order valence-electron chi connectivity index (χ3n) is 3.38. The standard InChI is InChI=1S/C15H20FNOS/c16-13-6-4-5-12(11-13)15(18)17-9-10-19-14-7-2-1-3-8-14/h4-6,11,14H,1-3,7-10H2,(H,17,18). The summed E-state index contributed by atoms with van der Waals surface area (Å²) in [5.74, 6) is 0.374. The van der Waals surface area contributed by atoms with Crippen molar-refractivity contribution in [1.82, 2.24) is 5.32 Å². The van der Waals surface area contributed by atoms with Gasteiger partial charge in [-0.3, -0.25) is 4.79 Å². The normalized spacial score (nSPS) is 16.3. The monoisotopic (exact) mass is 281 g/mol. The van der Waals surface area contributed by atoms with Crippen LogP contribution >= 0.6 is 11.8 Å². The molecule has 0 spiro atoms. The molecule has 0 aromatic heterocycles. The quantitative estimate of drug-likeness (QED) is 0.835. The minimum atomic E-state index is -0.371. The third-order valence-corrected chi connectivity index (χ3v) is 4.76. The molecule has 0 heterocycles. The molecule has 1 aromatic carbocycles. The maximum Gasteiger partial charge on any atom is 0.251 e. The molecular weight excluding hydrogens is 261 g/mol. The third kappa shape index (κ3) is 4.86. The van der Waals surface area contributed by atoms with Gasteiger partial charge in [0.05, 0.1) is 0 Å². The molecule has 1 amide bonds. The molecule has 0 atom stereocenters. The lowest BCUT2D eigenvalue weighted by molar-refractivity contribution is 0.0955. The molecule has 2 rings (SSSR count). The minimum absolute atomic E-state index is 0.191. The first kappa shape index (κ1) is 14.4. The summed E-state index contributed by atoms with van der Waals surface area (Å²) in [5.41, 5.74) is 0.391. The van der Waals surface area contributed by atoms with Gasteiger partial charge in [-0.15, -0.1) is 0 Å². The summed E-state index contributed by atoms with van der Waals surface area (Å²) in [4.78, 5) is 11.8. The first-order valence-electron chi connectivity index (χ1n) is 6.91. The maximum absolute atomic E-state index is 13.0. The van der Waals surface area contributed by atoms with Gasteiger partial charge in [0.15, 0.2) is 0 Å². The van der Waals surface area contributed by atoms with Crippen molar-refractivity contribution in [3.05, 3.63) is 35.6 Å². The summed E-state index contributed by atoms with van der Waals surface area (Å²) in [6.07, 6.45) is 6.67. The minimum Gasteiger partial charge on any atom is -0.351 e. The van der Waals surface area contributed by atoms with Gasteiger partial charge < -0.3 is 5.32 Å². The van der Waals surface area contributed by atoms with E-state index in [2.05, 4.69) is 5.32 Å². The van der Waals surface area contributed by atoms with Crippen LogP contribution in [-0.4, -0.2) is 23.5 Å². The zero-order chi connectivity index (χ0) is 13.5. The lowest BCUT2D eigenvalue weighted by atomic mass is 10.0. The van der Waals surface area contributed by atoms with E-state index < -0.39 is 0 Å². The highest BCUT2D eigenvalue weighted by Gasteiger charge is 2.13. The van der Waals surface area contributed by atoms with Crippen molar-refractivity contribution in [3.63, 3.8) is 0 Å². The second kappa shape index (κ2) is 7.53.